The van der Waals surface area contributed by atoms with E-state index in [2.05, 4.69) is 5.16 Å². The summed E-state index contributed by atoms with van der Waals surface area (Å²) < 4.78 is 5.30. The molecular formula is C15H18N2O3. The summed E-state index contributed by atoms with van der Waals surface area (Å²) in [5.74, 6) is -0.180. The average Bonchev–Trinajstić information content (AvgIpc) is 2.87. The van der Waals surface area contributed by atoms with E-state index in [1.165, 1.54) is 0 Å². The van der Waals surface area contributed by atoms with E-state index >= 15 is 0 Å². The van der Waals surface area contributed by atoms with Crippen molar-refractivity contribution in [3.8, 4) is 11.3 Å². The van der Waals surface area contributed by atoms with Crippen molar-refractivity contribution < 1.29 is 14.4 Å². The second kappa shape index (κ2) is 6.34. The van der Waals surface area contributed by atoms with Gasteiger partial charge in [0.25, 0.3) is 0 Å². The summed E-state index contributed by atoms with van der Waals surface area (Å²) in [6, 6.07) is 11.7. The molecule has 106 valence electrons. The molecule has 0 aliphatic carbocycles. The van der Waals surface area contributed by atoms with Crippen molar-refractivity contribution in [2.45, 2.75) is 26.4 Å². The first-order valence-corrected chi connectivity index (χ1v) is 6.53. The average molecular weight is 274 g/mol. The van der Waals surface area contributed by atoms with Gasteiger partial charge in [-0.2, -0.15) is 0 Å². The third-order valence-electron chi connectivity index (χ3n) is 3.06. The molecule has 5 nitrogen and oxygen atoms in total. The van der Waals surface area contributed by atoms with Crippen LogP contribution in [0.15, 0.2) is 40.9 Å². The zero-order valence-electron chi connectivity index (χ0n) is 11.6. The molecule has 0 aliphatic rings. The molecule has 0 saturated heterocycles. The van der Waals surface area contributed by atoms with Gasteiger partial charge in [-0.05, 0) is 13.8 Å². The van der Waals surface area contributed by atoms with Gasteiger partial charge in [0.2, 0.25) is 0 Å². The highest BCUT2D eigenvalue weighted by atomic mass is 16.5. The molecule has 5 heteroatoms. The summed E-state index contributed by atoms with van der Waals surface area (Å²) in [5, 5.41) is 12.9. The fourth-order valence-electron chi connectivity index (χ4n) is 1.93. The molecule has 0 saturated carbocycles. The molecule has 0 spiro atoms. The van der Waals surface area contributed by atoms with Crippen LogP contribution in [-0.4, -0.2) is 33.7 Å². The van der Waals surface area contributed by atoms with Crippen LogP contribution in [0, 0.1) is 0 Å². The third-order valence-corrected chi connectivity index (χ3v) is 3.06. The molecule has 1 aromatic carbocycles. The Balaban J connectivity index is 2.10. The second-order valence-corrected chi connectivity index (χ2v) is 4.94. The zero-order valence-corrected chi connectivity index (χ0v) is 11.6. The van der Waals surface area contributed by atoms with Gasteiger partial charge in [-0.25, -0.2) is 0 Å². The van der Waals surface area contributed by atoms with Crippen molar-refractivity contribution in [1.82, 2.24) is 10.1 Å². The van der Waals surface area contributed by atoms with Crippen molar-refractivity contribution in [1.29, 1.82) is 0 Å². The smallest absolute Gasteiger partial charge is 0.317 e. The minimum Gasteiger partial charge on any atom is -0.480 e. The number of carboxylic acids is 1. The second-order valence-electron chi connectivity index (χ2n) is 4.94. The van der Waals surface area contributed by atoms with Crippen LogP contribution in [0.25, 0.3) is 11.3 Å². The monoisotopic (exact) mass is 274 g/mol. The molecule has 20 heavy (non-hydrogen) atoms. The number of aliphatic carboxylic acids is 1. The van der Waals surface area contributed by atoms with Crippen molar-refractivity contribution in [2.75, 3.05) is 6.54 Å². The number of nitrogens with zero attached hydrogens (tertiary/aromatic N) is 2. The van der Waals surface area contributed by atoms with Gasteiger partial charge >= 0.3 is 5.97 Å². The summed E-state index contributed by atoms with van der Waals surface area (Å²) in [6.45, 7) is 4.33. The summed E-state index contributed by atoms with van der Waals surface area (Å²) in [4.78, 5) is 12.7. The van der Waals surface area contributed by atoms with Crippen LogP contribution >= 0.6 is 0 Å². The van der Waals surface area contributed by atoms with Gasteiger partial charge in [-0.1, -0.05) is 35.5 Å². The normalized spacial score (nSPS) is 11.2. The zero-order chi connectivity index (χ0) is 14.5. The van der Waals surface area contributed by atoms with Crippen molar-refractivity contribution in [3.63, 3.8) is 0 Å². The molecule has 2 aromatic rings. The lowest BCUT2D eigenvalue weighted by atomic mass is 10.1. The fraction of sp³-hybridized carbons (Fsp3) is 0.333. The van der Waals surface area contributed by atoms with Gasteiger partial charge in [0.05, 0.1) is 13.1 Å². The lowest BCUT2D eigenvalue weighted by Gasteiger charge is -2.22. The molecule has 0 unspecified atom stereocenters. The molecule has 0 radical (unpaired) electrons. The van der Waals surface area contributed by atoms with Gasteiger partial charge < -0.3 is 9.63 Å². The van der Waals surface area contributed by atoms with Gasteiger partial charge in [0.15, 0.2) is 5.76 Å². The van der Waals surface area contributed by atoms with Gasteiger partial charge in [-0.15, -0.1) is 0 Å². The fourth-order valence-corrected chi connectivity index (χ4v) is 1.93. The summed E-state index contributed by atoms with van der Waals surface area (Å²) in [5.41, 5.74) is 1.75. The van der Waals surface area contributed by atoms with Gasteiger partial charge in [-0.3, -0.25) is 9.69 Å². The van der Waals surface area contributed by atoms with E-state index in [9.17, 15) is 4.79 Å². The number of hydrogen-bond donors (Lipinski definition) is 1. The molecule has 1 aromatic heterocycles. The van der Waals surface area contributed by atoms with Crippen LogP contribution in [0.5, 0.6) is 0 Å². The van der Waals surface area contributed by atoms with Crippen LogP contribution in [0.2, 0.25) is 0 Å². The van der Waals surface area contributed by atoms with Crippen LogP contribution in [0.1, 0.15) is 19.6 Å². The first-order valence-electron chi connectivity index (χ1n) is 6.53. The van der Waals surface area contributed by atoms with Crippen LogP contribution in [0.3, 0.4) is 0 Å². The topological polar surface area (TPSA) is 66.6 Å². The predicted molar refractivity (Wildman–Crippen MR) is 75.1 cm³/mol. The molecule has 2 rings (SSSR count). The van der Waals surface area contributed by atoms with E-state index in [-0.39, 0.29) is 12.6 Å². The van der Waals surface area contributed by atoms with E-state index in [1.54, 1.807) is 0 Å². The Bertz CT molecular complexity index is 564. The van der Waals surface area contributed by atoms with Gasteiger partial charge in [0, 0.05) is 17.7 Å². The minimum atomic E-state index is -0.846. The summed E-state index contributed by atoms with van der Waals surface area (Å²) >= 11 is 0. The highest BCUT2D eigenvalue weighted by Gasteiger charge is 2.16. The van der Waals surface area contributed by atoms with E-state index in [0.29, 0.717) is 12.3 Å². The number of benzene rings is 1. The maximum atomic E-state index is 10.8. The molecule has 0 fully saturated rings. The van der Waals surface area contributed by atoms with E-state index in [0.717, 1.165) is 11.3 Å². The molecule has 1 N–H and O–H groups in total. The minimum absolute atomic E-state index is 0.0148. The standard InChI is InChI=1S/C15H18N2O3/c1-11(2)17(10-15(18)19)9-13-8-14(16-20-13)12-6-4-3-5-7-12/h3-8,11H,9-10H2,1-2H3,(H,18,19). The predicted octanol–water partition coefficient (Wildman–Crippen LogP) is 2.64. The lowest BCUT2D eigenvalue weighted by molar-refractivity contribution is -0.139. The van der Waals surface area contributed by atoms with Crippen LogP contribution < -0.4 is 0 Å². The first-order chi connectivity index (χ1) is 9.56. The maximum absolute atomic E-state index is 10.8. The Labute approximate surface area is 117 Å². The highest BCUT2D eigenvalue weighted by molar-refractivity contribution is 5.69. The van der Waals surface area contributed by atoms with Crippen molar-refractivity contribution in [3.05, 3.63) is 42.2 Å². The molecule has 0 aliphatic heterocycles. The molecule has 0 atom stereocenters. The Morgan fingerprint density at radius 2 is 2.05 bits per heavy atom. The summed E-state index contributed by atoms with van der Waals surface area (Å²) in [7, 11) is 0. The number of carbonyl (C=O) groups is 1. The third kappa shape index (κ3) is 3.68. The largest absolute Gasteiger partial charge is 0.480 e. The first kappa shape index (κ1) is 14.3. The molecule has 0 amide bonds. The highest BCUT2D eigenvalue weighted by Crippen LogP contribution is 2.19. The molecular weight excluding hydrogens is 256 g/mol. The van der Waals surface area contributed by atoms with Crippen molar-refractivity contribution in [2.24, 2.45) is 0 Å². The Hall–Kier alpha value is -2.14. The number of carboxylic acid groups (broad SMARTS) is 1. The number of aromatic nitrogens is 1. The lowest BCUT2D eigenvalue weighted by Crippen LogP contribution is -2.34. The Morgan fingerprint density at radius 3 is 2.65 bits per heavy atom. The quantitative estimate of drug-likeness (QED) is 0.877. The Kier molecular flexibility index (Phi) is 4.53. The number of rotatable bonds is 6. The molecule has 0 bridgehead atoms. The number of hydrogen-bond acceptors (Lipinski definition) is 4. The SMILES string of the molecule is CC(C)N(CC(=O)O)Cc1cc(-c2ccccc2)no1. The van der Waals surface area contributed by atoms with E-state index in [1.807, 2.05) is 55.1 Å². The maximum Gasteiger partial charge on any atom is 0.317 e. The van der Waals surface area contributed by atoms with Crippen molar-refractivity contribution >= 4 is 5.97 Å². The summed E-state index contributed by atoms with van der Waals surface area (Å²) in [6.07, 6.45) is 0. The van der Waals surface area contributed by atoms with Gasteiger partial charge in [0.1, 0.15) is 5.69 Å². The van der Waals surface area contributed by atoms with E-state index < -0.39 is 5.97 Å². The van der Waals surface area contributed by atoms with E-state index in [4.69, 9.17) is 9.63 Å². The van der Waals surface area contributed by atoms with Crippen LogP contribution in [0.4, 0.5) is 0 Å². The molecule has 1 heterocycles. The Morgan fingerprint density at radius 1 is 1.35 bits per heavy atom. The van der Waals surface area contributed by atoms with Crippen LogP contribution in [-0.2, 0) is 11.3 Å².